The van der Waals surface area contributed by atoms with Crippen LogP contribution in [0.2, 0.25) is 0 Å². The maximum atomic E-state index is 14.5. The van der Waals surface area contributed by atoms with Crippen LogP contribution in [0.25, 0.3) is 0 Å². The maximum absolute atomic E-state index is 14.5. The van der Waals surface area contributed by atoms with Gasteiger partial charge in [0.25, 0.3) is 0 Å². The summed E-state index contributed by atoms with van der Waals surface area (Å²) in [6.07, 6.45) is 10.7. The Bertz CT molecular complexity index is 3660. The number of aromatic hydroxyl groups is 2. The van der Waals surface area contributed by atoms with Crippen LogP contribution in [-0.2, 0) is 42.7 Å². The van der Waals surface area contributed by atoms with Crippen LogP contribution in [0, 0.1) is 58.2 Å². The fourth-order valence-electron chi connectivity index (χ4n) is 11.4. The number of rotatable bonds is 16. The Morgan fingerprint density at radius 3 is 1.06 bits per heavy atom. The first kappa shape index (κ1) is 67.8. The first-order valence-electron chi connectivity index (χ1n) is 27.6. The smallest absolute Gasteiger partial charge is 0.545 e. The molecule has 2 amide bonds. The molecule has 0 spiro atoms. The molecule has 2 saturated carbocycles. The van der Waals surface area contributed by atoms with Crippen molar-refractivity contribution in [3.63, 3.8) is 0 Å². The van der Waals surface area contributed by atoms with Crippen molar-refractivity contribution in [2.24, 2.45) is 0 Å². The standard InChI is InChI=1S/2C30H27F5N2O6S.Na/c2*31-23-24(32)26(34)28(27(35)25(23)33)44(42,43)37-13-12-21(37)29(39)36(19-10-11-20(30(40)41)22(38)14-19)15-16-6-8-18(9-7-16)17-4-2-1-3-5-17;/h2*6-11,14,17,21,38H,1-5,12-13,15H2,(H,40,41);/q;;+1/p-1/t2*21-;/m11./s1. The van der Waals surface area contributed by atoms with E-state index in [0.29, 0.717) is 31.6 Å². The fourth-order valence-corrected chi connectivity index (χ4v) is 14.8. The molecule has 2 heterocycles. The first-order valence-corrected chi connectivity index (χ1v) is 30.5. The molecular weight excluding hydrogens is 1250 g/mol. The Morgan fingerprint density at radius 2 is 0.775 bits per heavy atom. The fraction of sp³-hybridized carbons (Fsp3) is 0.333. The molecule has 6 aromatic rings. The maximum Gasteiger partial charge on any atom is 1.00 e. The van der Waals surface area contributed by atoms with Gasteiger partial charge >= 0.3 is 35.5 Å². The minimum absolute atomic E-state index is 0. The van der Waals surface area contributed by atoms with Gasteiger partial charge in [0, 0.05) is 42.2 Å². The van der Waals surface area contributed by atoms with Gasteiger partial charge in [0.2, 0.25) is 43.5 Å². The van der Waals surface area contributed by atoms with Crippen molar-refractivity contribution in [1.82, 2.24) is 8.61 Å². The van der Waals surface area contributed by atoms with E-state index in [1.54, 1.807) is 24.3 Å². The zero-order valence-corrected chi connectivity index (χ0v) is 50.7. The number of carboxylic acid groups (broad SMARTS) is 2. The molecule has 4 aliphatic rings. The number of nitrogens with zero attached hydrogens (tertiary/aromatic N) is 4. The summed E-state index contributed by atoms with van der Waals surface area (Å²) in [7, 11) is -10.8. The van der Waals surface area contributed by atoms with Gasteiger partial charge in [0.1, 0.15) is 29.1 Å². The molecule has 10 rings (SSSR count). The minimum Gasteiger partial charge on any atom is -0.545 e. The second-order valence-corrected chi connectivity index (χ2v) is 25.3. The summed E-state index contributed by atoms with van der Waals surface area (Å²) in [5, 5.41) is 41.2. The molecule has 0 radical (unpaired) electrons. The Hall–Kier alpha value is -7.08. The van der Waals surface area contributed by atoms with Crippen molar-refractivity contribution < 1.29 is 130 Å². The van der Waals surface area contributed by atoms with Gasteiger partial charge in [-0.15, -0.1) is 0 Å². The monoisotopic (exact) mass is 1300 g/mol. The van der Waals surface area contributed by atoms with Crippen LogP contribution >= 0.6 is 0 Å². The summed E-state index contributed by atoms with van der Waals surface area (Å²) in [5.41, 5.74) is 2.30. The Morgan fingerprint density at radius 1 is 0.461 bits per heavy atom. The number of halogens is 10. The van der Waals surface area contributed by atoms with Crippen molar-refractivity contribution in [3.05, 3.63) is 176 Å². The number of phenols is 2. The van der Waals surface area contributed by atoms with Crippen LogP contribution in [-0.4, -0.2) is 89.7 Å². The first-order chi connectivity index (χ1) is 41.6. The third-order valence-corrected chi connectivity index (χ3v) is 20.2. The van der Waals surface area contributed by atoms with Crippen molar-refractivity contribution >= 4 is 55.2 Å². The predicted octanol–water partition coefficient (Wildman–Crippen LogP) is 7.33. The molecule has 4 fully saturated rings. The van der Waals surface area contributed by atoms with Gasteiger partial charge in [0.15, 0.2) is 56.3 Å². The number of anilines is 2. The van der Waals surface area contributed by atoms with E-state index < -0.39 is 160 Å². The number of carbonyl (C=O) groups is 4. The largest absolute Gasteiger partial charge is 1.00 e. The summed E-state index contributed by atoms with van der Waals surface area (Å²) in [5.74, 6) is -30.7. The predicted molar refractivity (Wildman–Crippen MR) is 291 cm³/mol. The molecule has 468 valence electrons. The number of carbonyl (C=O) groups excluding carboxylic acids is 3. The van der Waals surface area contributed by atoms with E-state index in [1.165, 1.54) is 25.0 Å². The normalized spacial score (nSPS) is 17.5. The average molecular weight is 1300 g/mol. The van der Waals surface area contributed by atoms with Gasteiger partial charge in [-0.3, -0.25) is 9.59 Å². The molecule has 0 unspecified atom stereocenters. The summed E-state index contributed by atoms with van der Waals surface area (Å²) in [4.78, 5) is 48.4. The quantitative estimate of drug-likeness (QED) is 0.0374. The van der Waals surface area contributed by atoms with Gasteiger partial charge in [-0.05, 0) is 96.9 Å². The molecule has 29 heteroatoms. The third kappa shape index (κ3) is 13.5. The number of hydrogen-bond donors (Lipinski definition) is 3. The third-order valence-electron chi connectivity index (χ3n) is 16.3. The van der Waals surface area contributed by atoms with E-state index in [9.17, 15) is 100 Å². The minimum atomic E-state index is -5.40. The molecule has 0 aromatic heterocycles. The summed E-state index contributed by atoms with van der Waals surface area (Å²) >= 11 is 0. The van der Waals surface area contributed by atoms with Crippen molar-refractivity contribution in [2.75, 3.05) is 22.9 Å². The van der Waals surface area contributed by atoms with Crippen LogP contribution in [0.1, 0.15) is 132 Å². The summed E-state index contributed by atoms with van der Waals surface area (Å²) in [6, 6.07) is 17.9. The van der Waals surface area contributed by atoms with Crippen LogP contribution < -0.4 is 44.5 Å². The van der Waals surface area contributed by atoms with E-state index in [2.05, 4.69) is 0 Å². The van der Waals surface area contributed by atoms with Crippen LogP contribution in [0.4, 0.5) is 55.3 Å². The molecule has 2 saturated heterocycles. The van der Waals surface area contributed by atoms with Crippen molar-refractivity contribution in [3.8, 4) is 11.5 Å². The van der Waals surface area contributed by atoms with Crippen molar-refractivity contribution in [1.29, 1.82) is 0 Å². The topological polar surface area (TPSA) is 233 Å². The zero-order valence-electron chi connectivity index (χ0n) is 47.1. The van der Waals surface area contributed by atoms with E-state index in [4.69, 9.17) is 0 Å². The second kappa shape index (κ2) is 27.6. The van der Waals surface area contributed by atoms with E-state index >= 15 is 0 Å². The van der Waals surface area contributed by atoms with Crippen LogP contribution in [0.3, 0.4) is 0 Å². The van der Waals surface area contributed by atoms with Gasteiger partial charge in [0.05, 0.1) is 19.1 Å². The number of sulfonamides is 2. The Labute approximate surface area is 525 Å². The van der Waals surface area contributed by atoms with Crippen LogP contribution in [0.15, 0.2) is 94.7 Å². The average Bonchev–Trinajstić information content (AvgIpc) is 0.806. The molecule has 0 bridgehead atoms. The van der Waals surface area contributed by atoms with Crippen LogP contribution in [0.5, 0.6) is 11.5 Å². The number of aromatic carboxylic acids is 2. The van der Waals surface area contributed by atoms with Gasteiger partial charge in [-0.1, -0.05) is 87.1 Å². The Balaban J connectivity index is 0.000000228. The van der Waals surface area contributed by atoms with E-state index in [0.717, 1.165) is 96.6 Å². The number of carboxylic acids is 2. The van der Waals surface area contributed by atoms with Gasteiger partial charge in [-0.25, -0.2) is 65.5 Å². The number of benzene rings is 6. The summed E-state index contributed by atoms with van der Waals surface area (Å²) in [6.45, 7) is -1.29. The molecule has 2 aliphatic carbocycles. The molecule has 16 nitrogen and oxygen atoms in total. The Kier molecular flexibility index (Phi) is 21.0. The number of amides is 2. The second-order valence-electron chi connectivity index (χ2n) is 21.6. The zero-order chi connectivity index (χ0) is 63.8. The van der Waals surface area contributed by atoms with Gasteiger partial charge in [-0.2, -0.15) is 8.61 Å². The molecular formula is C60H53F10N4NaO12S2. The SMILES string of the molecule is O=C(O)c1ccc(N(Cc2ccc(C3CCCCC3)cc2)C(=O)[C@H]2CCN2S(=O)(=O)c2c(F)c(F)c(F)c(F)c2F)cc1O.O=C([O-])c1ccc(N(Cc2ccc(C3CCCCC3)cc2)C(=O)[C@H]2CCN2S(=O)(=O)c2c(F)c(F)c(F)c(F)c2F)cc1O.[Na+]. The van der Waals surface area contributed by atoms with E-state index in [-0.39, 0.29) is 66.9 Å². The number of hydrogen-bond acceptors (Lipinski definition) is 11. The molecule has 3 N–H and O–H groups in total. The van der Waals surface area contributed by atoms with Gasteiger partial charge < -0.3 is 35.0 Å². The molecule has 6 aromatic carbocycles. The molecule has 89 heavy (non-hydrogen) atoms. The molecule has 2 atom stereocenters. The summed E-state index contributed by atoms with van der Waals surface area (Å²) < 4.78 is 194. The molecule has 2 aliphatic heterocycles. The van der Waals surface area contributed by atoms with E-state index in [1.807, 2.05) is 24.3 Å². The van der Waals surface area contributed by atoms with Crippen molar-refractivity contribution in [2.45, 2.75) is 124 Å².